The van der Waals surface area contributed by atoms with Crippen LogP contribution in [0.1, 0.15) is 32.3 Å². The zero-order valence-corrected chi connectivity index (χ0v) is 10.8. The Balaban J connectivity index is 2.60. The van der Waals surface area contributed by atoms with E-state index in [4.69, 9.17) is 0 Å². The highest BCUT2D eigenvalue weighted by atomic mass is 16.1. The second kappa shape index (κ2) is 6.84. The summed E-state index contributed by atoms with van der Waals surface area (Å²) in [5.74, 6) is 0.165. The van der Waals surface area contributed by atoms with Crippen molar-refractivity contribution in [3.63, 3.8) is 0 Å². The molecule has 0 fully saturated rings. The SMILES string of the molecule is CCC(CC(C)=O)=NN(C)Cc1ccccc1. The lowest BCUT2D eigenvalue weighted by Gasteiger charge is -2.15. The van der Waals surface area contributed by atoms with Crippen LogP contribution in [0.15, 0.2) is 35.4 Å². The molecule has 0 atom stereocenters. The van der Waals surface area contributed by atoms with Crippen molar-refractivity contribution in [3.05, 3.63) is 35.9 Å². The number of benzene rings is 1. The number of Topliss-reactive ketones (excluding diaryl/α,β-unsaturated/α-hetero) is 1. The number of carbonyl (C=O) groups excluding carboxylic acids is 1. The first-order chi connectivity index (χ1) is 8.11. The van der Waals surface area contributed by atoms with Gasteiger partial charge >= 0.3 is 0 Å². The molecular weight excluding hydrogens is 212 g/mol. The van der Waals surface area contributed by atoms with Crippen LogP contribution in [0.4, 0.5) is 0 Å². The largest absolute Gasteiger partial charge is 0.300 e. The highest BCUT2D eigenvalue weighted by molar-refractivity contribution is 6.00. The minimum Gasteiger partial charge on any atom is -0.300 e. The third-order valence-electron chi connectivity index (χ3n) is 2.43. The van der Waals surface area contributed by atoms with Crippen LogP contribution < -0.4 is 0 Å². The predicted octanol–water partition coefficient (Wildman–Crippen LogP) is 2.86. The van der Waals surface area contributed by atoms with Crippen LogP contribution in [-0.4, -0.2) is 23.6 Å². The summed E-state index contributed by atoms with van der Waals surface area (Å²) in [6.45, 7) is 4.39. The molecule has 0 saturated carbocycles. The Kier molecular flexibility index (Phi) is 5.40. The van der Waals surface area contributed by atoms with Gasteiger partial charge in [0, 0.05) is 19.2 Å². The first-order valence-corrected chi connectivity index (χ1v) is 5.92. The van der Waals surface area contributed by atoms with Crippen molar-refractivity contribution in [1.82, 2.24) is 5.01 Å². The van der Waals surface area contributed by atoms with E-state index in [1.807, 2.05) is 37.2 Å². The molecule has 0 aliphatic carbocycles. The number of hydrogen-bond acceptors (Lipinski definition) is 3. The zero-order chi connectivity index (χ0) is 12.7. The van der Waals surface area contributed by atoms with Crippen LogP contribution in [0.2, 0.25) is 0 Å². The van der Waals surface area contributed by atoms with Gasteiger partial charge in [0.1, 0.15) is 5.78 Å². The minimum absolute atomic E-state index is 0.165. The van der Waals surface area contributed by atoms with Gasteiger partial charge in [-0.05, 0) is 18.9 Å². The highest BCUT2D eigenvalue weighted by Gasteiger charge is 2.03. The van der Waals surface area contributed by atoms with Crippen LogP contribution in [0, 0.1) is 0 Å². The minimum atomic E-state index is 0.165. The molecule has 0 bridgehead atoms. The van der Waals surface area contributed by atoms with E-state index in [0.29, 0.717) is 6.42 Å². The number of ketones is 1. The molecule has 0 unspecified atom stereocenters. The van der Waals surface area contributed by atoms with Gasteiger partial charge < -0.3 is 0 Å². The molecule has 1 aromatic rings. The Bertz CT molecular complexity index is 384. The van der Waals surface area contributed by atoms with E-state index in [2.05, 4.69) is 17.2 Å². The van der Waals surface area contributed by atoms with Crippen molar-refractivity contribution in [2.24, 2.45) is 5.10 Å². The average Bonchev–Trinajstić information content (AvgIpc) is 2.28. The molecule has 0 spiro atoms. The third kappa shape index (κ3) is 5.29. The lowest BCUT2D eigenvalue weighted by atomic mass is 10.2. The molecule has 1 rings (SSSR count). The fourth-order valence-electron chi connectivity index (χ4n) is 1.64. The third-order valence-corrected chi connectivity index (χ3v) is 2.43. The van der Waals surface area contributed by atoms with Gasteiger partial charge in [-0.15, -0.1) is 0 Å². The normalized spacial score (nSPS) is 11.4. The van der Waals surface area contributed by atoms with Crippen LogP contribution >= 0.6 is 0 Å². The standard InChI is InChI=1S/C14H20N2O/c1-4-14(10-12(2)17)15-16(3)11-13-8-6-5-7-9-13/h5-9H,4,10-11H2,1-3H3. The summed E-state index contributed by atoms with van der Waals surface area (Å²) in [6.07, 6.45) is 1.27. The summed E-state index contributed by atoms with van der Waals surface area (Å²) in [7, 11) is 1.93. The second-order valence-electron chi connectivity index (χ2n) is 4.20. The number of hydrazone groups is 1. The van der Waals surface area contributed by atoms with Gasteiger partial charge in [-0.1, -0.05) is 37.3 Å². The van der Waals surface area contributed by atoms with Crippen molar-refractivity contribution in [2.45, 2.75) is 33.2 Å². The van der Waals surface area contributed by atoms with Gasteiger partial charge in [-0.25, -0.2) is 0 Å². The Morgan fingerprint density at radius 1 is 1.29 bits per heavy atom. The summed E-state index contributed by atoms with van der Waals surface area (Å²) < 4.78 is 0. The summed E-state index contributed by atoms with van der Waals surface area (Å²) in [4.78, 5) is 11.1. The van der Waals surface area contributed by atoms with E-state index in [0.717, 1.165) is 18.7 Å². The molecule has 0 aliphatic rings. The molecule has 0 aromatic heterocycles. The van der Waals surface area contributed by atoms with Gasteiger partial charge in [0.25, 0.3) is 0 Å². The molecule has 0 saturated heterocycles. The lowest BCUT2D eigenvalue weighted by molar-refractivity contribution is -0.115. The van der Waals surface area contributed by atoms with Gasteiger partial charge in [0.15, 0.2) is 0 Å². The average molecular weight is 232 g/mol. The fraction of sp³-hybridized carbons (Fsp3) is 0.429. The van der Waals surface area contributed by atoms with Gasteiger partial charge in [0.2, 0.25) is 0 Å². The predicted molar refractivity (Wildman–Crippen MR) is 70.9 cm³/mol. The Hall–Kier alpha value is -1.64. The Morgan fingerprint density at radius 3 is 2.47 bits per heavy atom. The Labute approximate surface area is 103 Å². The number of carbonyl (C=O) groups is 1. The van der Waals surface area contributed by atoms with Crippen molar-refractivity contribution in [3.8, 4) is 0 Å². The molecule has 92 valence electrons. The van der Waals surface area contributed by atoms with Crippen LogP contribution in [0.3, 0.4) is 0 Å². The van der Waals surface area contributed by atoms with Crippen molar-refractivity contribution < 1.29 is 4.79 Å². The second-order valence-corrected chi connectivity index (χ2v) is 4.20. The smallest absolute Gasteiger partial charge is 0.135 e. The van der Waals surface area contributed by atoms with Gasteiger partial charge in [-0.3, -0.25) is 9.80 Å². The molecule has 3 nitrogen and oxygen atoms in total. The molecule has 0 heterocycles. The molecule has 17 heavy (non-hydrogen) atoms. The number of rotatable bonds is 6. The van der Waals surface area contributed by atoms with Crippen molar-refractivity contribution >= 4 is 11.5 Å². The molecule has 0 aliphatic heterocycles. The van der Waals surface area contributed by atoms with Crippen molar-refractivity contribution in [1.29, 1.82) is 0 Å². The molecule has 0 amide bonds. The van der Waals surface area contributed by atoms with E-state index < -0.39 is 0 Å². The fourth-order valence-corrected chi connectivity index (χ4v) is 1.64. The summed E-state index contributed by atoms with van der Waals surface area (Å²) in [5.41, 5.74) is 2.16. The van der Waals surface area contributed by atoms with Crippen LogP contribution in [-0.2, 0) is 11.3 Å². The van der Waals surface area contributed by atoms with E-state index in [1.54, 1.807) is 6.92 Å². The van der Waals surface area contributed by atoms with E-state index >= 15 is 0 Å². The monoisotopic (exact) mass is 232 g/mol. The summed E-state index contributed by atoms with van der Waals surface area (Å²) in [6, 6.07) is 10.2. The molecule has 0 N–H and O–H groups in total. The maximum atomic E-state index is 11.1. The summed E-state index contributed by atoms with van der Waals surface area (Å²) >= 11 is 0. The topological polar surface area (TPSA) is 32.7 Å². The number of nitrogens with zero attached hydrogens (tertiary/aromatic N) is 2. The highest BCUT2D eigenvalue weighted by Crippen LogP contribution is 2.04. The maximum absolute atomic E-state index is 11.1. The maximum Gasteiger partial charge on any atom is 0.135 e. The summed E-state index contributed by atoms with van der Waals surface area (Å²) in [5, 5.41) is 6.35. The van der Waals surface area contributed by atoms with Gasteiger partial charge in [-0.2, -0.15) is 5.10 Å². The molecule has 1 aromatic carbocycles. The molecule has 3 heteroatoms. The van der Waals surface area contributed by atoms with Crippen LogP contribution in [0.25, 0.3) is 0 Å². The van der Waals surface area contributed by atoms with Crippen molar-refractivity contribution in [2.75, 3.05) is 7.05 Å². The van der Waals surface area contributed by atoms with E-state index in [9.17, 15) is 4.79 Å². The van der Waals surface area contributed by atoms with Crippen LogP contribution in [0.5, 0.6) is 0 Å². The van der Waals surface area contributed by atoms with Gasteiger partial charge in [0.05, 0.1) is 6.54 Å². The first-order valence-electron chi connectivity index (χ1n) is 5.92. The molecular formula is C14H20N2O. The lowest BCUT2D eigenvalue weighted by Crippen LogP contribution is -2.15. The Morgan fingerprint density at radius 2 is 1.94 bits per heavy atom. The zero-order valence-electron chi connectivity index (χ0n) is 10.8. The first kappa shape index (κ1) is 13.4. The number of hydrogen-bond donors (Lipinski definition) is 0. The quantitative estimate of drug-likeness (QED) is 0.558. The molecule has 0 radical (unpaired) electrons. The van der Waals surface area contributed by atoms with E-state index in [1.165, 1.54) is 5.56 Å². The van der Waals surface area contributed by atoms with E-state index in [-0.39, 0.29) is 5.78 Å².